The quantitative estimate of drug-likeness (QED) is 0.776. The molecule has 0 aromatic heterocycles. The van der Waals surface area contributed by atoms with E-state index in [1.807, 2.05) is 0 Å². The fourth-order valence-electron chi connectivity index (χ4n) is 2.41. The minimum Gasteiger partial charge on any atom is -0.389 e. The maximum atomic E-state index is 10.5. The van der Waals surface area contributed by atoms with E-state index in [-0.39, 0.29) is 0 Å². The van der Waals surface area contributed by atoms with Crippen molar-refractivity contribution in [1.29, 1.82) is 0 Å². The average molecular weight is 213 g/mol. The molecule has 0 aliphatic heterocycles. The van der Waals surface area contributed by atoms with Crippen LogP contribution in [0.3, 0.4) is 0 Å². The molecule has 1 fully saturated rings. The Bertz CT molecular complexity index is 187. The number of rotatable bonds is 4. The molecule has 0 heterocycles. The predicted molar refractivity (Wildman–Crippen MR) is 65.0 cm³/mol. The Labute approximate surface area is 94.7 Å². The number of hydrogen-bond acceptors (Lipinski definition) is 2. The van der Waals surface area contributed by atoms with Gasteiger partial charge in [-0.15, -0.1) is 0 Å². The Hall–Kier alpha value is -0.0800. The highest BCUT2D eigenvalue weighted by Gasteiger charge is 2.37. The molecule has 0 aromatic rings. The third-order valence-corrected chi connectivity index (χ3v) is 3.95. The molecular formula is C13H27NO. The van der Waals surface area contributed by atoms with Crippen LogP contribution in [0.4, 0.5) is 0 Å². The van der Waals surface area contributed by atoms with Crippen molar-refractivity contribution in [3.05, 3.63) is 0 Å². The summed E-state index contributed by atoms with van der Waals surface area (Å²) in [5.41, 5.74) is 0.0248. The molecule has 1 aliphatic carbocycles. The van der Waals surface area contributed by atoms with Crippen molar-refractivity contribution in [2.75, 3.05) is 19.6 Å². The standard InChI is InChI=1S/C13H27NO/c1-5-14(6-2)11-13(15)9-7-12(3,4)8-10-13/h15H,5-11H2,1-4H3. The third-order valence-electron chi connectivity index (χ3n) is 3.95. The molecule has 15 heavy (non-hydrogen) atoms. The van der Waals surface area contributed by atoms with Gasteiger partial charge in [0.2, 0.25) is 0 Å². The van der Waals surface area contributed by atoms with Gasteiger partial charge in [-0.25, -0.2) is 0 Å². The van der Waals surface area contributed by atoms with Gasteiger partial charge in [0.25, 0.3) is 0 Å². The Morgan fingerprint density at radius 3 is 1.87 bits per heavy atom. The highest BCUT2D eigenvalue weighted by Crippen LogP contribution is 2.40. The lowest BCUT2D eigenvalue weighted by molar-refractivity contribution is -0.0479. The summed E-state index contributed by atoms with van der Waals surface area (Å²) in [5, 5.41) is 10.5. The van der Waals surface area contributed by atoms with Gasteiger partial charge in [-0.2, -0.15) is 0 Å². The molecular weight excluding hydrogens is 186 g/mol. The third kappa shape index (κ3) is 3.76. The highest BCUT2D eigenvalue weighted by atomic mass is 16.3. The van der Waals surface area contributed by atoms with Crippen molar-refractivity contribution in [3.8, 4) is 0 Å². The lowest BCUT2D eigenvalue weighted by atomic mass is 9.71. The molecule has 2 heteroatoms. The second-order valence-electron chi connectivity index (χ2n) is 5.85. The Balaban J connectivity index is 2.47. The first-order chi connectivity index (χ1) is 6.91. The summed E-state index contributed by atoms with van der Waals surface area (Å²) in [5.74, 6) is 0. The number of likely N-dealkylation sites (N-methyl/N-ethyl adjacent to an activating group) is 1. The van der Waals surface area contributed by atoms with Gasteiger partial charge in [0.1, 0.15) is 0 Å². The highest BCUT2D eigenvalue weighted by molar-refractivity contribution is 4.90. The van der Waals surface area contributed by atoms with E-state index >= 15 is 0 Å². The second kappa shape index (κ2) is 4.84. The summed E-state index contributed by atoms with van der Waals surface area (Å²) in [6.45, 7) is 11.9. The average Bonchev–Trinajstić information content (AvgIpc) is 2.20. The van der Waals surface area contributed by atoms with E-state index in [1.54, 1.807) is 0 Å². The molecule has 90 valence electrons. The number of hydrogen-bond donors (Lipinski definition) is 1. The monoisotopic (exact) mass is 213 g/mol. The molecule has 0 unspecified atom stereocenters. The van der Waals surface area contributed by atoms with Crippen LogP contribution in [0.25, 0.3) is 0 Å². The van der Waals surface area contributed by atoms with Crippen molar-refractivity contribution in [2.45, 2.75) is 59.0 Å². The van der Waals surface area contributed by atoms with Gasteiger partial charge in [0.15, 0.2) is 0 Å². The van der Waals surface area contributed by atoms with E-state index < -0.39 is 5.60 Å². The van der Waals surface area contributed by atoms with E-state index in [0.29, 0.717) is 5.41 Å². The summed E-state index contributed by atoms with van der Waals surface area (Å²) in [7, 11) is 0. The van der Waals surface area contributed by atoms with Crippen LogP contribution in [0, 0.1) is 5.41 Å². The van der Waals surface area contributed by atoms with Crippen LogP contribution in [-0.4, -0.2) is 35.2 Å². The lowest BCUT2D eigenvalue weighted by Gasteiger charge is -2.42. The van der Waals surface area contributed by atoms with E-state index in [1.165, 1.54) is 0 Å². The van der Waals surface area contributed by atoms with Crippen molar-refractivity contribution in [2.24, 2.45) is 5.41 Å². The van der Waals surface area contributed by atoms with E-state index in [0.717, 1.165) is 45.3 Å². The zero-order valence-electron chi connectivity index (χ0n) is 10.8. The van der Waals surface area contributed by atoms with Crippen LogP contribution in [-0.2, 0) is 0 Å². The fourth-order valence-corrected chi connectivity index (χ4v) is 2.41. The summed E-state index contributed by atoms with van der Waals surface area (Å²) >= 11 is 0. The van der Waals surface area contributed by atoms with Crippen molar-refractivity contribution in [1.82, 2.24) is 4.90 Å². The maximum Gasteiger partial charge on any atom is 0.0774 e. The molecule has 0 amide bonds. The smallest absolute Gasteiger partial charge is 0.0774 e. The Kier molecular flexibility index (Phi) is 4.19. The Morgan fingerprint density at radius 1 is 1.00 bits per heavy atom. The van der Waals surface area contributed by atoms with Gasteiger partial charge in [-0.1, -0.05) is 27.7 Å². The number of aliphatic hydroxyl groups is 1. The van der Waals surface area contributed by atoms with Crippen molar-refractivity contribution in [3.63, 3.8) is 0 Å². The van der Waals surface area contributed by atoms with Crippen LogP contribution in [0.5, 0.6) is 0 Å². The molecule has 1 saturated carbocycles. The van der Waals surface area contributed by atoms with Gasteiger partial charge >= 0.3 is 0 Å². The fraction of sp³-hybridized carbons (Fsp3) is 1.00. The first-order valence-corrected chi connectivity index (χ1v) is 6.35. The maximum absolute atomic E-state index is 10.5. The zero-order chi connectivity index (χ0) is 11.5. The van der Waals surface area contributed by atoms with E-state index in [2.05, 4.69) is 32.6 Å². The van der Waals surface area contributed by atoms with Crippen LogP contribution >= 0.6 is 0 Å². The van der Waals surface area contributed by atoms with Crippen LogP contribution in [0.1, 0.15) is 53.4 Å². The summed E-state index contributed by atoms with van der Waals surface area (Å²) < 4.78 is 0. The predicted octanol–water partition coefficient (Wildman–Crippen LogP) is 2.66. The second-order valence-corrected chi connectivity index (χ2v) is 5.85. The lowest BCUT2D eigenvalue weighted by Crippen LogP contribution is -2.46. The van der Waals surface area contributed by atoms with Crippen LogP contribution in [0.2, 0.25) is 0 Å². The zero-order valence-corrected chi connectivity index (χ0v) is 10.8. The topological polar surface area (TPSA) is 23.5 Å². The molecule has 0 aromatic carbocycles. The Morgan fingerprint density at radius 2 is 1.47 bits per heavy atom. The molecule has 0 radical (unpaired) electrons. The first kappa shape index (κ1) is 13.0. The molecule has 0 atom stereocenters. The number of nitrogens with zero attached hydrogens (tertiary/aromatic N) is 1. The molecule has 0 saturated heterocycles. The molecule has 2 nitrogen and oxygen atoms in total. The molecule has 0 spiro atoms. The summed E-state index contributed by atoms with van der Waals surface area (Å²) in [6.07, 6.45) is 4.25. The van der Waals surface area contributed by atoms with Gasteiger partial charge < -0.3 is 10.0 Å². The van der Waals surface area contributed by atoms with E-state index in [4.69, 9.17) is 0 Å². The molecule has 1 N–H and O–H groups in total. The summed E-state index contributed by atoms with van der Waals surface area (Å²) in [4.78, 5) is 2.33. The molecule has 0 bridgehead atoms. The van der Waals surface area contributed by atoms with Crippen molar-refractivity contribution >= 4 is 0 Å². The van der Waals surface area contributed by atoms with Crippen molar-refractivity contribution < 1.29 is 5.11 Å². The molecule has 1 aliphatic rings. The van der Waals surface area contributed by atoms with Crippen LogP contribution in [0.15, 0.2) is 0 Å². The minimum atomic E-state index is -0.415. The van der Waals surface area contributed by atoms with Crippen LogP contribution < -0.4 is 0 Å². The van der Waals surface area contributed by atoms with Gasteiger partial charge in [0, 0.05) is 6.54 Å². The van der Waals surface area contributed by atoms with Gasteiger partial charge in [0.05, 0.1) is 5.60 Å². The first-order valence-electron chi connectivity index (χ1n) is 6.35. The largest absolute Gasteiger partial charge is 0.389 e. The molecule has 1 rings (SSSR count). The van der Waals surface area contributed by atoms with Gasteiger partial charge in [-0.05, 0) is 44.2 Å². The van der Waals surface area contributed by atoms with Gasteiger partial charge in [-0.3, -0.25) is 0 Å². The SMILES string of the molecule is CCN(CC)CC1(O)CCC(C)(C)CC1. The van der Waals surface area contributed by atoms with E-state index in [9.17, 15) is 5.11 Å². The minimum absolute atomic E-state index is 0.415. The normalized spacial score (nSPS) is 24.4. The summed E-state index contributed by atoms with van der Waals surface area (Å²) in [6, 6.07) is 0.